The molecule has 1 aliphatic rings. The van der Waals surface area contributed by atoms with Gasteiger partial charge in [0.1, 0.15) is 23.2 Å². The second-order valence-corrected chi connectivity index (χ2v) is 6.75. The number of carbonyl (C=O) groups excluding carboxylic acids is 1. The molecule has 0 spiro atoms. The van der Waals surface area contributed by atoms with Crippen LogP contribution in [0.5, 0.6) is 5.75 Å². The summed E-state index contributed by atoms with van der Waals surface area (Å²) < 4.78 is 31.9. The van der Waals surface area contributed by atoms with Crippen LogP contribution < -0.4 is 15.4 Å². The fraction of sp³-hybridized carbons (Fsp3) is 0.368. The molecule has 3 rings (SSSR count). The summed E-state index contributed by atoms with van der Waals surface area (Å²) in [4.78, 5) is 17.0. The minimum atomic E-state index is -0.701. The third kappa shape index (κ3) is 4.09. The molecular formula is C19H21F2N3O2. The maximum absolute atomic E-state index is 13.3. The number of carbonyl (C=O) groups is 1. The van der Waals surface area contributed by atoms with E-state index in [4.69, 9.17) is 4.74 Å². The van der Waals surface area contributed by atoms with Crippen molar-refractivity contribution in [3.05, 3.63) is 47.7 Å². The number of methoxy groups -OCH3 is 1. The predicted octanol–water partition coefficient (Wildman–Crippen LogP) is 4.17. The first kappa shape index (κ1) is 18.1. The van der Waals surface area contributed by atoms with Crippen molar-refractivity contribution < 1.29 is 18.3 Å². The fourth-order valence-electron chi connectivity index (χ4n) is 3.23. The van der Waals surface area contributed by atoms with Crippen molar-refractivity contribution in [3.63, 3.8) is 0 Å². The van der Waals surface area contributed by atoms with E-state index in [2.05, 4.69) is 15.6 Å². The Morgan fingerprint density at radius 1 is 1.15 bits per heavy atom. The number of nitrogens with zero attached hydrogens (tertiary/aromatic N) is 1. The highest BCUT2D eigenvalue weighted by atomic mass is 19.1. The van der Waals surface area contributed by atoms with Gasteiger partial charge in [-0.05, 0) is 44.0 Å². The van der Waals surface area contributed by atoms with Crippen LogP contribution in [-0.4, -0.2) is 23.5 Å². The number of ether oxygens (including phenoxy) is 1. The second-order valence-electron chi connectivity index (χ2n) is 6.75. The quantitative estimate of drug-likeness (QED) is 0.839. The Balaban J connectivity index is 1.85. The Labute approximate surface area is 150 Å². The summed E-state index contributed by atoms with van der Waals surface area (Å²) in [6, 6.07) is 6.25. The first-order valence-electron chi connectivity index (χ1n) is 8.49. The largest absolute Gasteiger partial charge is 0.494 e. The molecule has 5 nitrogen and oxygen atoms in total. The Kier molecular flexibility index (Phi) is 5.06. The summed E-state index contributed by atoms with van der Waals surface area (Å²) >= 11 is 0. The van der Waals surface area contributed by atoms with Crippen LogP contribution in [0.1, 0.15) is 43.1 Å². The molecule has 2 N–H and O–H groups in total. The summed E-state index contributed by atoms with van der Waals surface area (Å²) in [5.74, 6) is -1.11. The Morgan fingerprint density at radius 3 is 2.42 bits per heavy atom. The molecule has 0 saturated heterocycles. The van der Waals surface area contributed by atoms with Crippen LogP contribution in [0.2, 0.25) is 0 Å². The molecule has 7 heteroatoms. The van der Waals surface area contributed by atoms with E-state index in [1.54, 1.807) is 12.1 Å². The molecule has 138 valence electrons. The minimum Gasteiger partial charge on any atom is -0.494 e. The number of nitrogens with one attached hydrogen (secondary N) is 2. The number of pyridine rings is 1. The van der Waals surface area contributed by atoms with Gasteiger partial charge in [0.15, 0.2) is 5.69 Å². The third-order valence-corrected chi connectivity index (χ3v) is 4.55. The standard InChI is InChI=1S/C19H21F2N3O2/c1-19(7-3-4-8-19)24-18(25)17-15(26-2)5-6-16(23-17)22-14-10-12(20)9-13(21)11-14/h5-6,9-11H,3-4,7-8H2,1-2H3,(H,22,23)(H,24,25). The van der Waals surface area contributed by atoms with E-state index in [-0.39, 0.29) is 28.6 Å². The number of hydrogen-bond acceptors (Lipinski definition) is 4. The van der Waals surface area contributed by atoms with E-state index in [0.717, 1.165) is 43.9 Å². The van der Waals surface area contributed by atoms with Crippen molar-refractivity contribution >= 4 is 17.4 Å². The van der Waals surface area contributed by atoms with Gasteiger partial charge in [0, 0.05) is 17.3 Å². The molecule has 0 aliphatic heterocycles. The highest BCUT2D eigenvalue weighted by molar-refractivity contribution is 5.96. The van der Waals surface area contributed by atoms with Crippen LogP contribution in [0.25, 0.3) is 0 Å². The number of amides is 1. The van der Waals surface area contributed by atoms with Crippen LogP contribution in [0.3, 0.4) is 0 Å². The van der Waals surface area contributed by atoms with Crippen molar-refractivity contribution in [3.8, 4) is 5.75 Å². The Morgan fingerprint density at radius 2 is 1.81 bits per heavy atom. The average Bonchev–Trinajstić information content (AvgIpc) is 3.00. The molecule has 1 aromatic carbocycles. The summed E-state index contributed by atoms with van der Waals surface area (Å²) in [7, 11) is 1.46. The molecule has 1 saturated carbocycles. The van der Waals surface area contributed by atoms with Gasteiger partial charge in [-0.15, -0.1) is 0 Å². The molecule has 0 bridgehead atoms. The van der Waals surface area contributed by atoms with Crippen LogP contribution in [0, 0.1) is 11.6 Å². The Hall–Kier alpha value is -2.70. The zero-order valence-electron chi connectivity index (χ0n) is 14.7. The first-order chi connectivity index (χ1) is 12.4. The maximum atomic E-state index is 13.3. The number of hydrogen-bond donors (Lipinski definition) is 2. The molecule has 0 unspecified atom stereocenters. The molecule has 1 amide bonds. The van der Waals surface area contributed by atoms with Gasteiger partial charge in [0.2, 0.25) is 0 Å². The molecule has 1 aliphatic carbocycles. The topological polar surface area (TPSA) is 63.2 Å². The third-order valence-electron chi connectivity index (χ3n) is 4.55. The zero-order valence-corrected chi connectivity index (χ0v) is 14.7. The monoisotopic (exact) mass is 361 g/mol. The highest BCUT2D eigenvalue weighted by Gasteiger charge is 2.31. The fourth-order valence-corrected chi connectivity index (χ4v) is 3.23. The minimum absolute atomic E-state index is 0.127. The van der Waals surface area contributed by atoms with Crippen LogP contribution in [-0.2, 0) is 0 Å². The van der Waals surface area contributed by atoms with E-state index in [9.17, 15) is 13.6 Å². The van der Waals surface area contributed by atoms with Gasteiger partial charge in [-0.3, -0.25) is 4.79 Å². The number of halogens is 2. The molecule has 0 atom stereocenters. The van der Waals surface area contributed by atoms with Gasteiger partial charge in [-0.1, -0.05) is 12.8 Å². The highest BCUT2D eigenvalue weighted by Crippen LogP contribution is 2.30. The molecule has 0 radical (unpaired) electrons. The molecule has 2 aromatic rings. The normalized spacial score (nSPS) is 15.5. The summed E-state index contributed by atoms with van der Waals surface area (Å²) in [5, 5.41) is 5.83. The molecule has 1 aromatic heterocycles. The maximum Gasteiger partial charge on any atom is 0.274 e. The van der Waals surface area contributed by atoms with Gasteiger partial charge < -0.3 is 15.4 Å². The van der Waals surface area contributed by atoms with E-state index in [1.807, 2.05) is 6.92 Å². The molecule has 1 fully saturated rings. The summed E-state index contributed by atoms with van der Waals surface area (Å²) in [5.41, 5.74) is 0.0793. The molecule has 26 heavy (non-hydrogen) atoms. The summed E-state index contributed by atoms with van der Waals surface area (Å²) in [6.45, 7) is 2.02. The van der Waals surface area contributed by atoms with Gasteiger partial charge >= 0.3 is 0 Å². The first-order valence-corrected chi connectivity index (χ1v) is 8.49. The SMILES string of the molecule is COc1ccc(Nc2cc(F)cc(F)c2)nc1C(=O)NC1(C)CCCC1. The van der Waals surface area contributed by atoms with Crippen molar-refractivity contribution in [1.29, 1.82) is 0 Å². The van der Waals surface area contributed by atoms with Crippen molar-refractivity contribution in [2.45, 2.75) is 38.1 Å². The van der Waals surface area contributed by atoms with Crippen molar-refractivity contribution in [2.24, 2.45) is 0 Å². The molecular weight excluding hydrogens is 340 g/mol. The van der Waals surface area contributed by atoms with Crippen LogP contribution in [0.15, 0.2) is 30.3 Å². The zero-order chi connectivity index (χ0) is 18.7. The van der Waals surface area contributed by atoms with Crippen molar-refractivity contribution in [1.82, 2.24) is 10.3 Å². The molecule has 1 heterocycles. The average molecular weight is 361 g/mol. The number of benzene rings is 1. The van der Waals surface area contributed by atoms with Crippen LogP contribution >= 0.6 is 0 Å². The van der Waals surface area contributed by atoms with E-state index >= 15 is 0 Å². The van der Waals surface area contributed by atoms with E-state index < -0.39 is 11.6 Å². The van der Waals surface area contributed by atoms with Gasteiger partial charge in [0.05, 0.1) is 7.11 Å². The number of rotatable bonds is 5. The predicted molar refractivity (Wildman–Crippen MR) is 94.8 cm³/mol. The Bertz CT molecular complexity index is 800. The van der Waals surface area contributed by atoms with Crippen LogP contribution in [0.4, 0.5) is 20.3 Å². The lowest BCUT2D eigenvalue weighted by Crippen LogP contribution is -2.44. The summed E-state index contributed by atoms with van der Waals surface area (Å²) in [6.07, 6.45) is 3.99. The second kappa shape index (κ2) is 7.27. The lowest BCUT2D eigenvalue weighted by molar-refractivity contribution is 0.0899. The van der Waals surface area contributed by atoms with E-state index in [1.165, 1.54) is 7.11 Å². The van der Waals surface area contributed by atoms with E-state index in [0.29, 0.717) is 5.75 Å². The van der Waals surface area contributed by atoms with Crippen molar-refractivity contribution in [2.75, 3.05) is 12.4 Å². The number of aromatic nitrogens is 1. The smallest absolute Gasteiger partial charge is 0.274 e. The van der Waals surface area contributed by atoms with Gasteiger partial charge in [0.25, 0.3) is 5.91 Å². The van der Waals surface area contributed by atoms with Gasteiger partial charge in [-0.2, -0.15) is 0 Å². The lowest BCUT2D eigenvalue weighted by atomic mass is 10.0. The lowest BCUT2D eigenvalue weighted by Gasteiger charge is -2.25. The van der Waals surface area contributed by atoms with Gasteiger partial charge in [-0.25, -0.2) is 13.8 Å². The number of anilines is 2.